The number of aromatic nitrogens is 3. The molecule has 0 radical (unpaired) electrons. The second-order valence-electron chi connectivity index (χ2n) is 7.14. The lowest BCUT2D eigenvalue weighted by atomic mass is 9.70. The van der Waals surface area contributed by atoms with Crippen molar-refractivity contribution >= 4 is 11.6 Å². The molecule has 1 fully saturated rings. The van der Waals surface area contributed by atoms with Gasteiger partial charge in [0.25, 0.3) is 0 Å². The quantitative estimate of drug-likeness (QED) is 0.825. The highest BCUT2D eigenvalue weighted by atomic mass is 35.5. The molecular formula is C18H24ClN3O. The molecule has 3 unspecified atom stereocenters. The summed E-state index contributed by atoms with van der Waals surface area (Å²) in [7, 11) is 0. The molecule has 0 bridgehead atoms. The minimum Gasteiger partial charge on any atom is -0.389 e. The van der Waals surface area contributed by atoms with E-state index < -0.39 is 5.60 Å². The van der Waals surface area contributed by atoms with Crippen molar-refractivity contribution < 1.29 is 5.11 Å². The second kappa shape index (κ2) is 6.25. The molecule has 124 valence electrons. The lowest BCUT2D eigenvalue weighted by molar-refractivity contribution is -0.0747. The highest BCUT2D eigenvalue weighted by Gasteiger charge is 2.56. The van der Waals surface area contributed by atoms with Crippen molar-refractivity contribution in [2.24, 2.45) is 11.3 Å². The maximum atomic E-state index is 11.6. The zero-order valence-electron chi connectivity index (χ0n) is 13.7. The Hall–Kier alpha value is -1.39. The lowest BCUT2D eigenvalue weighted by Gasteiger charge is -2.41. The Kier molecular flexibility index (Phi) is 4.47. The highest BCUT2D eigenvalue weighted by Crippen LogP contribution is 2.52. The number of nitrogens with zero attached hydrogens (tertiary/aromatic N) is 2. The first-order chi connectivity index (χ1) is 11.0. The van der Waals surface area contributed by atoms with Crippen LogP contribution in [0, 0.1) is 18.3 Å². The fourth-order valence-corrected chi connectivity index (χ4v) is 4.19. The Morgan fingerprint density at radius 2 is 2.09 bits per heavy atom. The molecule has 2 N–H and O–H groups in total. The molecule has 0 aliphatic heterocycles. The van der Waals surface area contributed by atoms with E-state index in [-0.39, 0.29) is 11.3 Å². The van der Waals surface area contributed by atoms with E-state index in [0.717, 1.165) is 19.3 Å². The molecule has 1 aliphatic carbocycles. The summed E-state index contributed by atoms with van der Waals surface area (Å²) in [5, 5.41) is 18.4. The average molecular weight is 334 g/mol. The van der Waals surface area contributed by atoms with E-state index >= 15 is 0 Å². The average Bonchev–Trinajstić information content (AvgIpc) is 3.12. The van der Waals surface area contributed by atoms with Crippen LogP contribution in [0.2, 0.25) is 0 Å². The van der Waals surface area contributed by atoms with Crippen LogP contribution in [-0.2, 0) is 12.8 Å². The third-order valence-electron chi connectivity index (χ3n) is 5.56. The molecule has 0 saturated heterocycles. The molecule has 1 aliphatic rings. The van der Waals surface area contributed by atoms with Crippen LogP contribution in [0.1, 0.15) is 36.7 Å². The number of aliphatic hydroxyl groups is 1. The fraction of sp³-hybridized carbons (Fsp3) is 0.556. The number of aromatic amines is 1. The first-order valence-corrected chi connectivity index (χ1v) is 8.69. The van der Waals surface area contributed by atoms with Gasteiger partial charge in [0.1, 0.15) is 6.33 Å². The van der Waals surface area contributed by atoms with Crippen LogP contribution in [0.25, 0.3) is 0 Å². The summed E-state index contributed by atoms with van der Waals surface area (Å²) in [4.78, 5) is 4.21. The molecule has 0 amide bonds. The van der Waals surface area contributed by atoms with Crippen LogP contribution in [0.15, 0.2) is 30.6 Å². The molecule has 0 spiro atoms. The minimum atomic E-state index is -0.887. The van der Waals surface area contributed by atoms with Gasteiger partial charge in [-0.15, -0.1) is 11.6 Å². The number of alkyl halides is 1. The third kappa shape index (κ3) is 3.02. The van der Waals surface area contributed by atoms with Gasteiger partial charge in [-0.25, -0.2) is 4.98 Å². The van der Waals surface area contributed by atoms with E-state index in [0.29, 0.717) is 18.1 Å². The first kappa shape index (κ1) is 16.5. The van der Waals surface area contributed by atoms with Crippen molar-refractivity contribution in [2.45, 2.75) is 45.1 Å². The number of halogens is 1. The zero-order chi connectivity index (χ0) is 16.5. The Morgan fingerprint density at radius 1 is 1.35 bits per heavy atom. The molecule has 4 nitrogen and oxygen atoms in total. The maximum Gasteiger partial charge on any atom is 0.153 e. The Balaban J connectivity index is 1.87. The molecule has 1 aromatic heterocycles. The SMILES string of the molecule is Cc1ccc(CC2CCC(C)(CCl)C2(O)Cc2nc[nH]n2)cc1. The molecule has 1 saturated carbocycles. The van der Waals surface area contributed by atoms with E-state index in [9.17, 15) is 5.11 Å². The van der Waals surface area contributed by atoms with Crippen LogP contribution >= 0.6 is 11.6 Å². The number of rotatable bonds is 5. The Morgan fingerprint density at radius 3 is 2.70 bits per heavy atom. The third-order valence-corrected chi connectivity index (χ3v) is 6.15. The molecule has 2 aromatic rings. The summed E-state index contributed by atoms with van der Waals surface area (Å²) in [5.74, 6) is 1.25. The fourth-order valence-electron chi connectivity index (χ4n) is 3.82. The van der Waals surface area contributed by atoms with Crippen LogP contribution < -0.4 is 0 Å². The normalized spacial score (nSPS) is 30.7. The van der Waals surface area contributed by atoms with E-state index in [1.807, 2.05) is 0 Å². The topological polar surface area (TPSA) is 61.8 Å². The van der Waals surface area contributed by atoms with E-state index in [1.165, 1.54) is 11.1 Å². The molecule has 1 aromatic carbocycles. The van der Waals surface area contributed by atoms with Crippen molar-refractivity contribution in [1.29, 1.82) is 0 Å². The van der Waals surface area contributed by atoms with Crippen LogP contribution in [-0.4, -0.2) is 31.8 Å². The predicted molar refractivity (Wildman–Crippen MR) is 91.5 cm³/mol. The predicted octanol–water partition coefficient (Wildman–Crippen LogP) is 3.28. The summed E-state index contributed by atoms with van der Waals surface area (Å²) in [6.07, 6.45) is 4.75. The molecule has 3 rings (SSSR count). The van der Waals surface area contributed by atoms with Gasteiger partial charge in [-0.3, -0.25) is 5.10 Å². The van der Waals surface area contributed by atoms with Gasteiger partial charge in [-0.05, 0) is 37.7 Å². The van der Waals surface area contributed by atoms with Gasteiger partial charge in [0.05, 0.1) is 5.60 Å². The van der Waals surface area contributed by atoms with Gasteiger partial charge in [-0.2, -0.15) is 5.10 Å². The van der Waals surface area contributed by atoms with Gasteiger partial charge in [0.15, 0.2) is 5.82 Å². The summed E-state index contributed by atoms with van der Waals surface area (Å²) >= 11 is 6.25. The van der Waals surface area contributed by atoms with Crippen molar-refractivity contribution in [3.63, 3.8) is 0 Å². The van der Waals surface area contributed by atoms with Crippen LogP contribution in [0.5, 0.6) is 0 Å². The number of nitrogens with one attached hydrogen (secondary N) is 1. The second-order valence-corrected chi connectivity index (χ2v) is 7.40. The summed E-state index contributed by atoms with van der Waals surface area (Å²) in [5.41, 5.74) is 1.31. The molecule has 1 heterocycles. The van der Waals surface area contributed by atoms with Gasteiger partial charge in [0, 0.05) is 17.7 Å². The Labute approximate surface area is 142 Å². The molecule has 23 heavy (non-hydrogen) atoms. The van der Waals surface area contributed by atoms with E-state index in [1.54, 1.807) is 6.33 Å². The zero-order valence-corrected chi connectivity index (χ0v) is 14.5. The smallest absolute Gasteiger partial charge is 0.153 e. The highest BCUT2D eigenvalue weighted by molar-refractivity contribution is 6.18. The van der Waals surface area contributed by atoms with Gasteiger partial charge < -0.3 is 5.11 Å². The number of H-pyrrole nitrogens is 1. The largest absolute Gasteiger partial charge is 0.389 e. The standard InChI is InChI=1S/C18H24ClN3O/c1-13-3-5-14(6-4-13)9-15-7-8-17(2,11-19)18(15,23)10-16-20-12-21-22-16/h3-6,12,15,23H,7-11H2,1-2H3,(H,20,21,22). The lowest BCUT2D eigenvalue weighted by Crippen LogP contribution is -2.50. The number of hydrogen-bond acceptors (Lipinski definition) is 3. The molecule has 5 heteroatoms. The number of hydrogen-bond donors (Lipinski definition) is 2. The molecule has 3 atom stereocenters. The van der Waals surface area contributed by atoms with Gasteiger partial charge in [0.2, 0.25) is 0 Å². The van der Waals surface area contributed by atoms with Crippen LogP contribution in [0.3, 0.4) is 0 Å². The van der Waals surface area contributed by atoms with Crippen molar-refractivity contribution in [3.05, 3.63) is 47.5 Å². The maximum absolute atomic E-state index is 11.6. The minimum absolute atomic E-state index is 0.160. The number of benzene rings is 1. The van der Waals surface area contributed by atoms with Crippen molar-refractivity contribution in [2.75, 3.05) is 5.88 Å². The molecular weight excluding hydrogens is 310 g/mol. The van der Waals surface area contributed by atoms with E-state index in [4.69, 9.17) is 11.6 Å². The van der Waals surface area contributed by atoms with E-state index in [2.05, 4.69) is 53.3 Å². The number of aryl methyl sites for hydroxylation is 1. The summed E-state index contributed by atoms with van der Waals surface area (Å²) < 4.78 is 0. The summed E-state index contributed by atoms with van der Waals surface area (Å²) in [6, 6.07) is 8.55. The van der Waals surface area contributed by atoms with Gasteiger partial charge in [-0.1, -0.05) is 36.8 Å². The monoisotopic (exact) mass is 333 g/mol. The van der Waals surface area contributed by atoms with Gasteiger partial charge >= 0.3 is 0 Å². The first-order valence-electron chi connectivity index (χ1n) is 8.15. The van der Waals surface area contributed by atoms with Crippen molar-refractivity contribution in [1.82, 2.24) is 15.2 Å². The van der Waals surface area contributed by atoms with Crippen LogP contribution in [0.4, 0.5) is 0 Å². The van der Waals surface area contributed by atoms with Crippen molar-refractivity contribution in [3.8, 4) is 0 Å². The Bertz CT molecular complexity index is 643. The summed E-state index contributed by atoms with van der Waals surface area (Å²) in [6.45, 7) is 4.17.